The van der Waals surface area contributed by atoms with E-state index in [2.05, 4.69) is 19.2 Å². The van der Waals surface area contributed by atoms with Gasteiger partial charge in [0.1, 0.15) is 5.60 Å². The number of carbonyl (C=O) groups is 2. The van der Waals surface area contributed by atoms with Crippen LogP contribution >= 0.6 is 11.8 Å². The molecule has 3 aliphatic heterocycles. The number of hydrogen-bond acceptors (Lipinski definition) is 4. The molecular weight excluding hydrogens is 348 g/mol. The molecule has 1 aromatic rings. The molecule has 2 bridgehead atoms. The smallest absolute Gasteiger partial charge is 0.231 e. The highest BCUT2D eigenvalue weighted by Crippen LogP contribution is 2.52. The quantitative estimate of drug-likeness (QED) is 0.616. The summed E-state index contributed by atoms with van der Waals surface area (Å²) < 4.78 is 6.14. The minimum atomic E-state index is -0.614. The van der Waals surface area contributed by atoms with E-state index >= 15 is 0 Å². The standard InChI is InChI=1S/C20H24N2O3S/c1-3-11-22-12-20-10-9-14(25-20)16(17(20)19(22)24)18(23)21-13-7-5-6-8-15(13)26-4-2/h5-10,14,16-17H,3-4,11-12H2,1-2H3,(H,21,23)/t14-,16-,17+,20-/m0/s1. The molecule has 4 atom stereocenters. The molecular formula is C20H24N2O3S. The molecule has 2 fully saturated rings. The van der Waals surface area contributed by atoms with Crippen LogP contribution < -0.4 is 5.32 Å². The van der Waals surface area contributed by atoms with E-state index in [0.717, 1.165) is 22.8 Å². The number of ether oxygens (including phenoxy) is 1. The number of rotatable bonds is 6. The Balaban J connectivity index is 1.58. The van der Waals surface area contributed by atoms with Crippen molar-refractivity contribution in [3.63, 3.8) is 0 Å². The van der Waals surface area contributed by atoms with Gasteiger partial charge in [-0.3, -0.25) is 9.59 Å². The van der Waals surface area contributed by atoms with Crippen LogP contribution in [0.1, 0.15) is 20.3 Å². The fourth-order valence-electron chi connectivity index (χ4n) is 4.40. The topological polar surface area (TPSA) is 58.6 Å². The first-order chi connectivity index (χ1) is 12.6. The molecule has 0 aliphatic carbocycles. The van der Waals surface area contributed by atoms with Gasteiger partial charge in [0.25, 0.3) is 0 Å². The summed E-state index contributed by atoms with van der Waals surface area (Å²) in [7, 11) is 0. The van der Waals surface area contributed by atoms with Crippen molar-refractivity contribution < 1.29 is 14.3 Å². The minimum absolute atomic E-state index is 0.0510. The summed E-state index contributed by atoms with van der Waals surface area (Å²) in [5, 5.41) is 3.05. The third-order valence-electron chi connectivity index (χ3n) is 5.42. The average Bonchev–Trinajstić information content (AvgIpc) is 3.26. The Morgan fingerprint density at radius 3 is 2.96 bits per heavy atom. The van der Waals surface area contributed by atoms with Crippen molar-refractivity contribution in [3.05, 3.63) is 36.4 Å². The summed E-state index contributed by atoms with van der Waals surface area (Å²) in [6.07, 6.45) is 4.55. The molecule has 1 aromatic carbocycles. The van der Waals surface area contributed by atoms with Gasteiger partial charge in [0.2, 0.25) is 11.8 Å². The summed E-state index contributed by atoms with van der Waals surface area (Å²) >= 11 is 1.69. The van der Waals surface area contributed by atoms with Gasteiger partial charge < -0.3 is 15.0 Å². The maximum absolute atomic E-state index is 13.1. The van der Waals surface area contributed by atoms with Gasteiger partial charge >= 0.3 is 0 Å². The van der Waals surface area contributed by atoms with Gasteiger partial charge in [0, 0.05) is 11.4 Å². The maximum Gasteiger partial charge on any atom is 0.231 e. The number of likely N-dealkylation sites (tertiary alicyclic amines) is 1. The second-order valence-corrected chi connectivity index (χ2v) is 8.38. The summed E-state index contributed by atoms with van der Waals surface area (Å²) in [4.78, 5) is 28.9. The van der Waals surface area contributed by atoms with Crippen molar-refractivity contribution >= 4 is 29.3 Å². The van der Waals surface area contributed by atoms with Crippen molar-refractivity contribution in [2.75, 3.05) is 24.2 Å². The lowest BCUT2D eigenvalue weighted by molar-refractivity contribution is -0.135. The third-order valence-corrected chi connectivity index (χ3v) is 6.38. The number of thioether (sulfide) groups is 1. The molecule has 4 rings (SSSR count). The van der Waals surface area contributed by atoms with Gasteiger partial charge in [-0.25, -0.2) is 0 Å². The predicted octanol–water partition coefficient (Wildman–Crippen LogP) is 2.93. The lowest BCUT2D eigenvalue weighted by Crippen LogP contribution is -2.41. The lowest BCUT2D eigenvalue weighted by Gasteiger charge is -2.24. The molecule has 26 heavy (non-hydrogen) atoms. The Hall–Kier alpha value is -1.79. The Labute approximate surface area is 158 Å². The maximum atomic E-state index is 13.1. The normalized spacial score (nSPS) is 31.5. The Morgan fingerprint density at radius 2 is 2.19 bits per heavy atom. The zero-order valence-corrected chi connectivity index (χ0v) is 15.9. The minimum Gasteiger partial charge on any atom is -0.360 e. The van der Waals surface area contributed by atoms with E-state index in [4.69, 9.17) is 4.74 Å². The molecule has 2 saturated heterocycles. The molecule has 1 N–H and O–H groups in total. The van der Waals surface area contributed by atoms with Crippen LogP contribution in [0.5, 0.6) is 0 Å². The summed E-state index contributed by atoms with van der Waals surface area (Å²) in [5.41, 5.74) is 0.192. The van der Waals surface area contributed by atoms with E-state index in [9.17, 15) is 9.59 Å². The lowest BCUT2D eigenvalue weighted by atomic mass is 9.77. The van der Waals surface area contributed by atoms with Crippen LogP contribution in [0, 0.1) is 11.8 Å². The SMILES string of the molecule is CCCN1C[C@]23C=C[C@H](O2)[C@H](C(=O)Nc2ccccc2SCC)[C@@H]3C1=O. The first kappa shape index (κ1) is 17.6. The number of carbonyl (C=O) groups excluding carboxylic acids is 2. The van der Waals surface area contributed by atoms with Crippen molar-refractivity contribution in [1.82, 2.24) is 4.90 Å². The predicted molar refractivity (Wildman–Crippen MR) is 102 cm³/mol. The summed E-state index contributed by atoms with van der Waals surface area (Å²) in [6, 6.07) is 7.80. The third kappa shape index (κ3) is 2.67. The monoisotopic (exact) mass is 372 g/mol. The van der Waals surface area contributed by atoms with E-state index in [-0.39, 0.29) is 17.9 Å². The number of amides is 2. The fraction of sp³-hybridized carbons (Fsp3) is 0.500. The van der Waals surface area contributed by atoms with E-state index in [1.54, 1.807) is 11.8 Å². The number of para-hydroxylation sites is 1. The Morgan fingerprint density at radius 1 is 1.38 bits per heavy atom. The largest absolute Gasteiger partial charge is 0.360 e. The average molecular weight is 372 g/mol. The molecule has 3 aliphatic rings. The first-order valence-electron chi connectivity index (χ1n) is 9.28. The summed E-state index contributed by atoms with van der Waals surface area (Å²) in [5.74, 6) is -0.0118. The van der Waals surface area contributed by atoms with Crippen molar-refractivity contribution in [2.24, 2.45) is 11.8 Å². The summed E-state index contributed by atoms with van der Waals surface area (Å²) in [6.45, 7) is 5.41. The molecule has 6 heteroatoms. The molecule has 138 valence electrons. The second kappa shape index (κ2) is 6.74. The number of anilines is 1. The zero-order chi connectivity index (χ0) is 18.3. The van der Waals surface area contributed by atoms with Crippen LogP contribution in [0.15, 0.2) is 41.3 Å². The van der Waals surface area contributed by atoms with Crippen LogP contribution in [0.2, 0.25) is 0 Å². The number of fused-ring (bicyclic) bond motifs is 1. The second-order valence-electron chi connectivity index (χ2n) is 7.08. The molecule has 3 heterocycles. The molecule has 0 aromatic heterocycles. The van der Waals surface area contributed by atoms with Crippen LogP contribution in [0.25, 0.3) is 0 Å². The van der Waals surface area contributed by atoms with Crippen LogP contribution in [0.4, 0.5) is 5.69 Å². The molecule has 0 saturated carbocycles. The number of hydrogen-bond donors (Lipinski definition) is 1. The van der Waals surface area contributed by atoms with Crippen molar-refractivity contribution in [1.29, 1.82) is 0 Å². The van der Waals surface area contributed by atoms with Gasteiger partial charge in [-0.1, -0.05) is 38.1 Å². The molecule has 1 spiro atoms. The van der Waals surface area contributed by atoms with E-state index in [1.807, 2.05) is 41.3 Å². The van der Waals surface area contributed by atoms with Crippen molar-refractivity contribution in [2.45, 2.75) is 36.9 Å². The van der Waals surface area contributed by atoms with Gasteiger partial charge in [-0.2, -0.15) is 0 Å². The highest BCUT2D eigenvalue weighted by molar-refractivity contribution is 7.99. The first-order valence-corrected chi connectivity index (χ1v) is 10.3. The zero-order valence-electron chi connectivity index (χ0n) is 15.1. The Bertz CT molecular complexity index is 765. The van der Waals surface area contributed by atoms with E-state index in [1.165, 1.54) is 0 Å². The number of nitrogens with one attached hydrogen (secondary N) is 1. The van der Waals surface area contributed by atoms with Gasteiger partial charge in [0.15, 0.2) is 0 Å². The van der Waals surface area contributed by atoms with Gasteiger partial charge in [-0.15, -0.1) is 11.8 Å². The highest BCUT2D eigenvalue weighted by Gasteiger charge is 2.66. The van der Waals surface area contributed by atoms with Gasteiger partial charge in [-0.05, 0) is 24.3 Å². The van der Waals surface area contributed by atoms with Crippen LogP contribution in [0.3, 0.4) is 0 Å². The molecule has 0 unspecified atom stereocenters. The highest BCUT2D eigenvalue weighted by atomic mass is 32.2. The molecule has 5 nitrogen and oxygen atoms in total. The number of nitrogens with zero attached hydrogens (tertiary/aromatic N) is 1. The molecule has 0 radical (unpaired) electrons. The van der Waals surface area contributed by atoms with E-state index in [0.29, 0.717) is 13.1 Å². The van der Waals surface area contributed by atoms with Crippen molar-refractivity contribution in [3.8, 4) is 0 Å². The fourth-order valence-corrected chi connectivity index (χ4v) is 5.16. The van der Waals surface area contributed by atoms with Crippen LogP contribution in [-0.4, -0.2) is 47.3 Å². The number of benzene rings is 1. The van der Waals surface area contributed by atoms with Crippen LogP contribution in [-0.2, 0) is 14.3 Å². The Kier molecular flexibility index (Phi) is 4.57. The molecule has 2 amide bonds. The van der Waals surface area contributed by atoms with Gasteiger partial charge in [0.05, 0.1) is 30.2 Å². The van der Waals surface area contributed by atoms with E-state index < -0.39 is 17.4 Å².